The van der Waals surface area contributed by atoms with Crippen molar-refractivity contribution in [3.05, 3.63) is 27.2 Å². The van der Waals surface area contributed by atoms with Gasteiger partial charge in [-0.05, 0) is 52.7 Å². The molecule has 2 fully saturated rings. The maximum Gasteiger partial charge on any atom is 0.255 e. The van der Waals surface area contributed by atoms with Crippen LogP contribution in [0.4, 0.5) is 0 Å². The predicted octanol–water partition coefficient (Wildman–Crippen LogP) is 3.41. The number of fused-ring (bicyclic) bond motifs is 3. The van der Waals surface area contributed by atoms with Crippen LogP contribution in [0.1, 0.15) is 81.6 Å². The lowest BCUT2D eigenvalue weighted by Gasteiger charge is -2.66. The minimum Gasteiger partial charge on any atom is -0.485 e. The van der Waals surface area contributed by atoms with E-state index in [4.69, 9.17) is 4.74 Å². The van der Waals surface area contributed by atoms with Crippen LogP contribution in [0.2, 0.25) is 0 Å². The number of carbonyl (C=O) groups excluding carboxylic acids is 3. The second-order valence-electron chi connectivity index (χ2n) is 11.2. The van der Waals surface area contributed by atoms with Gasteiger partial charge in [-0.25, -0.2) is 0 Å². The third kappa shape index (κ3) is 2.86. The van der Waals surface area contributed by atoms with Crippen LogP contribution in [0.5, 0.6) is 5.75 Å². The number of benzene rings is 1. The van der Waals surface area contributed by atoms with Crippen molar-refractivity contribution in [2.24, 2.45) is 22.7 Å². The third-order valence-electron chi connectivity index (χ3n) is 9.17. The SMILES string of the molecule is CC(=O)NC1C[C@@]23Oc4c(cc(Br)c5c4C(O)NC5=O)C[C@]2(C)[C@@H](C)CC[C@H]3C(C)(C)C1=O. The molecule has 7 nitrogen and oxygen atoms in total. The Hall–Kier alpha value is -1.93. The fourth-order valence-electron chi connectivity index (χ4n) is 7.33. The van der Waals surface area contributed by atoms with Crippen LogP contribution in [0, 0.1) is 22.7 Å². The van der Waals surface area contributed by atoms with E-state index in [0.29, 0.717) is 40.1 Å². The van der Waals surface area contributed by atoms with E-state index in [9.17, 15) is 19.5 Å². The van der Waals surface area contributed by atoms with E-state index < -0.39 is 23.3 Å². The van der Waals surface area contributed by atoms with Crippen LogP contribution in [0.25, 0.3) is 0 Å². The summed E-state index contributed by atoms with van der Waals surface area (Å²) in [7, 11) is 0. The number of ether oxygens (including phenoxy) is 1. The molecule has 6 atom stereocenters. The first-order valence-electron chi connectivity index (χ1n) is 11.7. The Bertz CT molecular complexity index is 1100. The van der Waals surface area contributed by atoms with Crippen molar-refractivity contribution < 1.29 is 24.2 Å². The highest BCUT2D eigenvalue weighted by molar-refractivity contribution is 9.10. The molecule has 8 heteroatoms. The Balaban J connectivity index is 1.74. The van der Waals surface area contributed by atoms with E-state index >= 15 is 0 Å². The Morgan fingerprint density at radius 3 is 2.64 bits per heavy atom. The van der Waals surface area contributed by atoms with Crippen molar-refractivity contribution in [3.63, 3.8) is 0 Å². The van der Waals surface area contributed by atoms with Crippen molar-refractivity contribution in [2.45, 2.75) is 78.2 Å². The lowest BCUT2D eigenvalue weighted by Crippen LogP contribution is -2.73. The second-order valence-corrected chi connectivity index (χ2v) is 12.0. The topological polar surface area (TPSA) is 105 Å². The normalized spacial score (nSPS) is 38.3. The quantitative estimate of drug-likeness (QED) is 0.528. The van der Waals surface area contributed by atoms with E-state index in [1.54, 1.807) is 0 Å². The molecule has 2 saturated carbocycles. The van der Waals surface area contributed by atoms with Gasteiger partial charge in [0.1, 0.15) is 11.4 Å². The van der Waals surface area contributed by atoms with Crippen LogP contribution >= 0.6 is 15.9 Å². The first kappa shape index (κ1) is 22.8. The number of rotatable bonds is 1. The molecule has 2 heterocycles. The van der Waals surface area contributed by atoms with Gasteiger partial charge in [0, 0.05) is 34.6 Å². The Morgan fingerprint density at radius 1 is 1.27 bits per heavy atom. The number of Topliss-reactive ketones (excluding diaryl/α,β-unsaturated/α-hetero) is 1. The van der Waals surface area contributed by atoms with Gasteiger partial charge in [0.2, 0.25) is 5.91 Å². The molecular weight excluding hydrogens is 488 g/mol. The first-order chi connectivity index (χ1) is 15.3. The van der Waals surface area contributed by atoms with E-state index in [1.807, 2.05) is 19.9 Å². The highest BCUT2D eigenvalue weighted by Crippen LogP contribution is 2.66. The zero-order valence-corrected chi connectivity index (χ0v) is 21.3. The number of hydrogen-bond donors (Lipinski definition) is 3. The number of hydrogen-bond acceptors (Lipinski definition) is 5. The molecule has 1 aromatic carbocycles. The zero-order valence-electron chi connectivity index (χ0n) is 19.7. The summed E-state index contributed by atoms with van der Waals surface area (Å²) in [6, 6.07) is 1.29. The predicted molar refractivity (Wildman–Crippen MR) is 125 cm³/mol. The number of ketones is 1. The molecule has 33 heavy (non-hydrogen) atoms. The van der Waals surface area contributed by atoms with E-state index in [0.717, 1.165) is 18.4 Å². The Labute approximate surface area is 202 Å². The lowest BCUT2D eigenvalue weighted by atomic mass is 9.43. The monoisotopic (exact) mass is 518 g/mol. The standard InChI is InChI=1S/C25H31BrN2O5/c1-11-6-7-16-23(3,4)20(30)15(27-12(2)29)10-25(16)24(11,5)9-13-8-14(26)17-18(19(13)33-25)22(32)28-21(17)31/h8,11,15-16,22,32H,6-7,9-10H2,1-5H3,(H,27,29)(H,28,31)/t11-,15?,16-,22?,24+,25-/m0/s1. The number of aliphatic hydroxyl groups excluding tert-OH is 1. The van der Waals surface area contributed by atoms with Crippen molar-refractivity contribution in [1.82, 2.24) is 10.6 Å². The Kier molecular flexibility index (Phi) is 4.87. The van der Waals surface area contributed by atoms with Crippen molar-refractivity contribution in [1.29, 1.82) is 0 Å². The number of amides is 2. The highest BCUT2D eigenvalue weighted by Gasteiger charge is 2.70. The first-order valence-corrected chi connectivity index (χ1v) is 12.5. The zero-order chi connectivity index (χ0) is 24.1. The number of nitrogens with one attached hydrogen (secondary N) is 2. The van der Waals surface area contributed by atoms with Crippen LogP contribution in [-0.2, 0) is 16.0 Å². The summed E-state index contributed by atoms with van der Waals surface area (Å²) >= 11 is 3.53. The van der Waals surface area contributed by atoms with Gasteiger partial charge in [-0.15, -0.1) is 0 Å². The molecule has 0 radical (unpaired) electrons. The summed E-state index contributed by atoms with van der Waals surface area (Å²) in [5.74, 6) is 0.264. The molecule has 3 N–H and O–H groups in total. The number of aliphatic hydroxyl groups is 1. The molecule has 1 spiro atoms. The molecule has 178 valence electrons. The lowest BCUT2D eigenvalue weighted by molar-refractivity contribution is -0.213. The van der Waals surface area contributed by atoms with Crippen molar-refractivity contribution in [2.75, 3.05) is 0 Å². The fourth-order valence-corrected chi connectivity index (χ4v) is 8.00. The summed E-state index contributed by atoms with van der Waals surface area (Å²) < 4.78 is 7.68. The van der Waals surface area contributed by atoms with Crippen molar-refractivity contribution >= 4 is 33.5 Å². The van der Waals surface area contributed by atoms with E-state index in [2.05, 4.69) is 40.4 Å². The summed E-state index contributed by atoms with van der Waals surface area (Å²) in [6.45, 7) is 9.85. The molecule has 2 unspecified atom stereocenters. The molecule has 2 aliphatic carbocycles. The van der Waals surface area contributed by atoms with Gasteiger partial charge in [0.15, 0.2) is 12.0 Å². The Morgan fingerprint density at radius 2 is 1.97 bits per heavy atom. The molecule has 4 aliphatic rings. The second kappa shape index (κ2) is 7.04. The molecule has 0 aromatic heterocycles. The molecule has 0 saturated heterocycles. The number of carbonyl (C=O) groups is 3. The third-order valence-corrected chi connectivity index (χ3v) is 9.79. The van der Waals surface area contributed by atoms with Crippen LogP contribution in [0.15, 0.2) is 10.5 Å². The average molecular weight is 519 g/mol. The van der Waals surface area contributed by atoms with Crippen molar-refractivity contribution in [3.8, 4) is 5.75 Å². The summed E-state index contributed by atoms with van der Waals surface area (Å²) in [6.07, 6.45) is 1.75. The smallest absolute Gasteiger partial charge is 0.255 e. The van der Waals surface area contributed by atoms with Gasteiger partial charge in [-0.2, -0.15) is 0 Å². The van der Waals surface area contributed by atoms with Gasteiger partial charge < -0.3 is 20.5 Å². The number of halogens is 1. The van der Waals surface area contributed by atoms with Gasteiger partial charge in [-0.3, -0.25) is 14.4 Å². The van der Waals surface area contributed by atoms with Gasteiger partial charge >= 0.3 is 0 Å². The largest absolute Gasteiger partial charge is 0.485 e. The van der Waals surface area contributed by atoms with Gasteiger partial charge in [0.05, 0.1) is 17.2 Å². The molecule has 2 aliphatic heterocycles. The highest BCUT2D eigenvalue weighted by atomic mass is 79.9. The maximum absolute atomic E-state index is 13.5. The minimum absolute atomic E-state index is 0.0394. The molecule has 5 rings (SSSR count). The molecule has 1 aromatic rings. The average Bonchev–Trinajstić information content (AvgIpc) is 3.01. The fraction of sp³-hybridized carbons (Fsp3) is 0.640. The minimum atomic E-state index is -1.15. The summed E-state index contributed by atoms with van der Waals surface area (Å²) in [4.78, 5) is 38.0. The van der Waals surface area contributed by atoms with Gasteiger partial charge in [0.25, 0.3) is 5.91 Å². The molecule has 2 amide bonds. The van der Waals surface area contributed by atoms with E-state index in [-0.39, 0.29) is 28.9 Å². The van der Waals surface area contributed by atoms with Crippen LogP contribution < -0.4 is 15.4 Å². The van der Waals surface area contributed by atoms with Crippen LogP contribution in [-0.4, -0.2) is 34.3 Å². The molecular formula is C25H31BrN2O5. The molecule has 0 bridgehead atoms. The van der Waals surface area contributed by atoms with Crippen LogP contribution in [0.3, 0.4) is 0 Å². The maximum atomic E-state index is 13.5. The summed E-state index contributed by atoms with van der Waals surface area (Å²) in [5, 5.41) is 16.2. The van der Waals surface area contributed by atoms with Gasteiger partial charge in [-0.1, -0.05) is 27.7 Å². The van der Waals surface area contributed by atoms with E-state index in [1.165, 1.54) is 6.92 Å². The summed E-state index contributed by atoms with van der Waals surface area (Å²) in [5.41, 5.74) is 0.0778.